The normalized spacial score (nSPS) is 10.4. The van der Waals surface area contributed by atoms with E-state index in [1.165, 1.54) is 12.5 Å². The van der Waals surface area contributed by atoms with Crippen molar-refractivity contribution in [3.8, 4) is 0 Å². The average molecular weight is 270 g/mol. The predicted octanol–water partition coefficient (Wildman–Crippen LogP) is -1.07. The Kier molecular flexibility index (Phi) is 6.55. The van der Waals surface area contributed by atoms with Crippen molar-refractivity contribution < 1.29 is 19.4 Å². The van der Waals surface area contributed by atoms with Crippen LogP contribution in [0.25, 0.3) is 0 Å². The summed E-state index contributed by atoms with van der Waals surface area (Å²) in [6.45, 7) is 2.30. The fourth-order valence-electron chi connectivity index (χ4n) is 1.36. The molecular weight excluding hydrogens is 252 g/mol. The minimum Gasteiger partial charge on any atom is -0.476 e. The van der Waals surface area contributed by atoms with Gasteiger partial charge in [-0.15, -0.1) is 0 Å². The van der Waals surface area contributed by atoms with Crippen LogP contribution in [0.1, 0.15) is 10.5 Å². The van der Waals surface area contributed by atoms with Gasteiger partial charge in [0.25, 0.3) is 0 Å². The van der Waals surface area contributed by atoms with E-state index in [1.807, 2.05) is 0 Å². The fraction of sp³-hybridized carbons (Fsp3) is 0.545. The second kappa shape index (κ2) is 8.22. The molecule has 19 heavy (non-hydrogen) atoms. The highest BCUT2D eigenvalue weighted by molar-refractivity contribution is 5.84. The number of amides is 1. The number of carboxylic acid groups (broad SMARTS) is 1. The van der Waals surface area contributed by atoms with Crippen molar-refractivity contribution in [1.29, 1.82) is 0 Å². The van der Waals surface area contributed by atoms with Crippen LogP contribution in [-0.2, 0) is 16.1 Å². The molecule has 1 aromatic rings. The smallest absolute Gasteiger partial charge is 0.356 e. The summed E-state index contributed by atoms with van der Waals surface area (Å²) in [6.07, 6.45) is 2.85. The van der Waals surface area contributed by atoms with E-state index in [0.29, 0.717) is 26.2 Å². The molecule has 0 saturated carbocycles. The van der Waals surface area contributed by atoms with E-state index in [0.717, 1.165) is 0 Å². The third-order valence-corrected chi connectivity index (χ3v) is 2.31. The highest BCUT2D eigenvalue weighted by atomic mass is 16.5. The quantitative estimate of drug-likeness (QED) is 0.494. The largest absolute Gasteiger partial charge is 0.476 e. The second-order valence-electron chi connectivity index (χ2n) is 3.82. The number of imidazole rings is 1. The van der Waals surface area contributed by atoms with E-state index in [2.05, 4.69) is 15.6 Å². The number of aromatic nitrogens is 2. The Morgan fingerprint density at radius 2 is 2.26 bits per heavy atom. The minimum absolute atomic E-state index is 0.00689. The summed E-state index contributed by atoms with van der Waals surface area (Å²) < 4.78 is 6.44. The number of ether oxygens (including phenoxy) is 1. The van der Waals surface area contributed by atoms with Crippen molar-refractivity contribution in [2.45, 2.75) is 6.54 Å². The van der Waals surface area contributed by atoms with Crippen LogP contribution in [0.15, 0.2) is 12.5 Å². The zero-order valence-electron chi connectivity index (χ0n) is 10.8. The van der Waals surface area contributed by atoms with Gasteiger partial charge < -0.3 is 25.0 Å². The lowest BCUT2D eigenvalue weighted by molar-refractivity contribution is -0.120. The molecule has 0 fully saturated rings. The van der Waals surface area contributed by atoms with Crippen LogP contribution in [0.3, 0.4) is 0 Å². The van der Waals surface area contributed by atoms with Crippen molar-refractivity contribution in [1.82, 2.24) is 20.2 Å². The van der Waals surface area contributed by atoms with E-state index < -0.39 is 5.97 Å². The van der Waals surface area contributed by atoms with E-state index >= 15 is 0 Å². The van der Waals surface area contributed by atoms with Crippen LogP contribution in [-0.4, -0.2) is 59.9 Å². The molecule has 0 spiro atoms. The zero-order valence-corrected chi connectivity index (χ0v) is 10.8. The molecule has 0 aliphatic heterocycles. The summed E-state index contributed by atoms with van der Waals surface area (Å²) in [6, 6.07) is 0. The third kappa shape index (κ3) is 5.98. The molecule has 0 aromatic carbocycles. The Balaban J connectivity index is 2.15. The molecule has 8 nitrogen and oxygen atoms in total. The molecule has 0 aliphatic rings. The Bertz CT molecular complexity index is 419. The molecule has 0 saturated heterocycles. The maximum Gasteiger partial charge on any atom is 0.356 e. The zero-order chi connectivity index (χ0) is 14.1. The maximum atomic E-state index is 11.4. The van der Waals surface area contributed by atoms with Crippen molar-refractivity contribution in [3.63, 3.8) is 0 Å². The molecule has 0 atom stereocenters. The monoisotopic (exact) mass is 270 g/mol. The van der Waals surface area contributed by atoms with E-state index in [9.17, 15) is 9.59 Å². The minimum atomic E-state index is -1.06. The van der Waals surface area contributed by atoms with Crippen molar-refractivity contribution in [3.05, 3.63) is 18.2 Å². The average Bonchev–Trinajstić information content (AvgIpc) is 2.84. The van der Waals surface area contributed by atoms with E-state index in [1.54, 1.807) is 11.7 Å². The second-order valence-corrected chi connectivity index (χ2v) is 3.82. The van der Waals surface area contributed by atoms with Crippen LogP contribution < -0.4 is 10.6 Å². The topological polar surface area (TPSA) is 105 Å². The summed E-state index contributed by atoms with van der Waals surface area (Å²) in [5.74, 6) is -1.18. The first kappa shape index (κ1) is 15.1. The lowest BCUT2D eigenvalue weighted by atomic mass is 10.5. The van der Waals surface area contributed by atoms with E-state index in [-0.39, 0.29) is 18.1 Å². The van der Waals surface area contributed by atoms with Crippen molar-refractivity contribution in [2.75, 3.05) is 33.4 Å². The third-order valence-electron chi connectivity index (χ3n) is 2.31. The van der Waals surface area contributed by atoms with Crippen LogP contribution in [0, 0.1) is 0 Å². The van der Waals surface area contributed by atoms with Crippen molar-refractivity contribution in [2.24, 2.45) is 0 Å². The predicted molar refractivity (Wildman–Crippen MR) is 66.9 cm³/mol. The lowest BCUT2D eigenvalue weighted by Crippen LogP contribution is -2.36. The van der Waals surface area contributed by atoms with Crippen LogP contribution >= 0.6 is 0 Å². The van der Waals surface area contributed by atoms with Gasteiger partial charge in [0.15, 0.2) is 5.69 Å². The Morgan fingerprint density at radius 3 is 2.89 bits per heavy atom. The molecule has 8 heteroatoms. The molecule has 3 N–H and O–H groups in total. The Labute approximate surface area is 110 Å². The van der Waals surface area contributed by atoms with Gasteiger partial charge in [0, 0.05) is 32.9 Å². The summed E-state index contributed by atoms with van der Waals surface area (Å²) in [5.41, 5.74) is -0.00689. The first-order valence-corrected chi connectivity index (χ1v) is 5.85. The number of nitrogens with one attached hydrogen (secondary N) is 2. The molecule has 1 rings (SSSR count). The van der Waals surface area contributed by atoms with Crippen LogP contribution in [0.2, 0.25) is 0 Å². The van der Waals surface area contributed by atoms with E-state index in [4.69, 9.17) is 9.84 Å². The van der Waals surface area contributed by atoms with Crippen LogP contribution in [0.4, 0.5) is 0 Å². The summed E-state index contributed by atoms with van der Waals surface area (Å²) >= 11 is 0. The van der Waals surface area contributed by atoms with Gasteiger partial charge in [0.2, 0.25) is 5.91 Å². The van der Waals surface area contributed by atoms with Gasteiger partial charge in [-0.1, -0.05) is 0 Å². The van der Waals surface area contributed by atoms with Gasteiger partial charge >= 0.3 is 5.97 Å². The fourth-order valence-corrected chi connectivity index (χ4v) is 1.36. The lowest BCUT2D eigenvalue weighted by Gasteiger charge is -2.06. The SMILES string of the molecule is COCCNCC(=O)NCCn1cnc(C(=O)O)c1. The highest BCUT2D eigenvalue weighted by Gasteiger charge is 2.06. The molecule has 0 radical (unpaired) electrons. The van der Waals surface area contributed by atoms with Gasteiger partial charge in [-0.3, -0.25) is 4.79 Å². The van der Waals surface area contributed by atoms with Gasteiger partial charge in [0.05, 0.1) is 19.5 Å². The first-order valence-electron chi connectivity index (χ1n) is 5.85. The van der Waals surface area contributed by atoms with Gasteiger partial charge in [0.1, 0.15) is 0 Å². The Hall–Kier alpha value is -1.93. The standard InChI is InChI=1S/C11H18N4O4/c1-19-5-3-12-6-10(16)13-2-4-15-7-9(11(17)18)14-8-15/h7-8,12H,2-6H2,1H3,(H,13,16)(H,17,18). The number of aromatic carboxylic acids is 1. The molecule has 106 valence electrons. The number of hydrogen-bond donors (Lipinski definition) is 3. The van der Waals surface area contributed by atoms with Crippen LogP contribution in [0.5, 0.6) is 0 Å². The number of nitrogens with zero attached hydrogens (tertiary/aromatic N) is 2. The molecule has 1 amide bonds. The number of carbonyl (C=O) groups is 2. The molecule has 1 aromatic heterocycles. The summed E-state index contributed by atoms with van der Waals surface area (Å²) in [7, 11) is 1.60. The molecule has 1 heterocycles. The molecule has 0 bridgehead atoms. The number of hydrogen-bond acceptors (Lipinski definition) is 5. The molecule has 0 aliphatic carbocycles. The molecule has 0 unspecified atom stereocenters. The number of carbonyl (C=O) groups excluding carboxylic acids is 1. The van der Waals surface area contributed by atoms with Gasteiger partial charge in [-0.05, 0) is 0 Å². The number of rotatable bonds is 9. The summed E-state index contributed by atoms with van der Waals surface area (Å²) in [5, 5.41) is 14.3. The molecular formula is C11H18N4O4. The first-order chi connectivity index (χ1) is 9.13. The number of methoxy groups -OCH3 is 1. The van der Waals surface area contributed by atoms with Gasteiger partial charge in [-0.2, -0.15) is 0 Å². The highest BCUT2D eigenvalue weighted by Crippen LogP contribution is 1.95. The van der Waals surface area contributed by atoms with Gasteiger partial charge in [-0.25, -0.2) is 9.78 Å². The maximum absolute atomic E-state index is 11.4. The number of carboxylic acids is 1. The van der Waals surface area contributed by atoms with Crippen molar-refractivity contribution >= 4 is 11.9 Å². The Morgan fingerprint density at radius 1 is 1.47 bits per heavy atom. The summed E-state index contributed by atoms with van der Waals surface area (Å²) in [4.78, 5) is 25.7.